The fraction of sp³-hybridized carbons (Fsp3) is 0.375. The number of amides is 3. The van der Waals surface area contributed by atoms with Crippen LogP contribution in [0.2, 0.25) is 0 Å². The standard InChI is InChI=1S/C16H21N3O5/c1-10(2)15(23)17-12-8-6-11(7-9-12)16(24)19-18-13(20)4-3-5-14(21)22/h6-10H,3-5H2,1-2H3,(H,17,23)(H,18,20)(H,19,24)(H,21,22). The van der Waals surface area contributed by atoms with E-state index in [2.05, 4.69) is 16.2 Å². The summed E-state index contributed by atoms with van der Waals surface area (Å²) in [7, 11) is 0. The van der Waals surface area contributed by atoms with Crippen LogP contribution in [-0.2, 0) is 14.4 Å². The molecule has 8 heteroatoms. The molecule has 0 aromatic heterocycles. The van der Waals surface area contributed by atoms with Crippen LogP contribution in [0.25, 0.3) is 0 Å². The predicted molar refractivity (Wildman–Crippen MR) is 87.0 cm³/mol. The highest BCUT2D eigenvalue weighted by Gasteiger charge is 2.10. The van der Waals surface area contributed by atoms with Gasteiger partial charge in [0.25, 0.3) is 5.91 Å². The second-order valence-corrected chi connectivity index (χ2v) is 5.47. The van der Waals surface area contributed by atoms with Crippen molar-refractivity contribution in [2.45, 2.75) is 33.1 Å². The molecule has 0 spiro atoms. The van der Waals surface area contributed by atoms with Crippen molar-refractivity contribution < 1.29 is 24.3 Å². The van der Waals surface area contributed by atoms with Crippen LogP contribution in [0.1, 0.15) is 43.5 Å². The molecule has 0 heterocycles. The molecule has 0 saturated heterocycles. The van der Waals surface area contributed by atoms with Gasteiger partial charge < -0.3 is 10.4 Å². The molecule has 3 amide bonds. The first-order valence-electron chi connectivity index (χ1n) is 7.51. The number of carboxylic acid groups (broad SMARTS) is 1. The maximum Gasteiger partial charge on any atom is 0.303 e. The monoisotopic (exact) mass is 335 g/mol. The first-order chi connectivity index (χ1) is 11.3. The molecule has 1 rings (SSSR count). The Hall–Kier alpha value is -2.90. The van der Waals surface area contributed by atoms with Crippen LogP contribution >= 0.6 is 0 Å². The minimum Gasteiger partial charge on any atom is -0.481 e. The van der Waals surface area contributed by atoms with Gasteiger partial charge >= 0.3 is 5.97 Å². The lowest BCUT2D eigenvalue weighted by Gasteiger charge is -2.09. The van der Waals surface area contributed by atoms with Gasteiger partial charge in [-0.2, -0.15) is 0 Å². The highest BCUT2D eigenvalue weighted by atomic mass is 16.4. The van der Waals surface area contributed by atoms with Crippen LogP contribution in [0.15, 0.2) is 24.3 Å². The topological polar surface area (TPSA) is 125 Å². The largest absolute Gasteiger partial charge is 0.481 e. The molecule has 0 unspecified atom stereocenters. The molecule has 8 nitrogen and oxygen atoms in total. The summed E-state index contributed by atoms with van der Waals surface area (Å²) in [6.07, 6.45) is 0.0962. The van der Waals surface area contributed by atoms with Crippen molar-refractivity contribution in [2.24, 2.45) is 5.92 Å². The maximum absolute atomic E-state index is 11.9. The van der Waals surface area contributed by atoms with Crippen LogP contribution < -0.4 is 16.2 Å². The van der Waals surface area contributed by atoms with E-state index in [4.69, 9.17) is 5.11 Å². The average molecular weight is 335 g/mol. The van der Waals surface area contributed by atoms with E-state index in [0.29, 0.717) is 11.3 Å². The number of carbonyl (C=O) groups is 4. The van der Waals surface area contributed by atoms with E-state index in [1.165, 1.54) is 12.1 Å². The zero-order valence-electron chi connectivity index (χ0n) is 13.6. The zero-order chi connectivity index (χ0) is 18.1. The maximum atomic E-state index is 11.9. The molecular weight excluding hydrogens is 314 g/mol. The molecule has 1 aromatic carbocycles. The smallest absolute Gasteiger partial charge is 0.303 e. The number of rotatable bonds is 7. The number of hydrogen-bond acceptors (Lipinski definition) is 4. The summed E-state index contributed by atoms with van der Waals surface area (Å²) in [6, 6.07) is 6.21. The van der Waals surface area contributed by atoms with Gasteiger partial charge in [0.1, 0.15) is 0 Å². The van der Waals surface area contributed by atoms with Crippen molar-refractivity contribution in [1.82, 2.24) is 10.9 Å². The van der Waals surface area contributed by atoms with E-state index < -0.39 is 17.8 Å². The summed E-state index contributed by atoms with van der Waals surface area (Å²) in [5.74, 6) is -2.23. The molecular formula is C16H21N3O5. The molecule has 1 aromatic rings. The van der Waals surface area contributed by atoms with Crippen LogP contribution in [0, 0.1) is 5.92 Å². The van der Waals surface area contributed by atoms with Gasteiger partial charge in [-0.25, -0.2) is 0 Å². The normalized spacial score (nSPS) is 10.1. The third kappa shape index (κ3) is 6.91. The van der Waals surface area contributed by atoms with Gasteiger partial charge in [-0.05, 0) is 30.7 Å². The number of benzene rings is 1. The Labute approximate surface area is 139 Å². The molecule has 130 valence electrons. The van der Waals surface area contributed by atoms with Gasteiger partial charge in [-0.1, -0.05) is 13.8 Å². The van der Waals surface area contributed by atoms with E-state index in [1.54, 1.807) is 26.0 Å². The lowest BCUT2D eigenvalue weighted by molar-refractivity contribution is -0.137. The first kappa shape index (κ1) is 19.1. The minimum atomic E-state index is -0.975. The van der Waals surface area contributed by atoms with E-state index >= 15 is 0 Å². The van der Waals surface area contributed by atoms with Crippen molar-refractivity contribution in [3.8, 4) is 0 Å². The first-order valence-corrected chi connectivity index (χ1v) is 7.51. The van der Waals surface area contributed by atoms with Crippen molar-refractivity contribution in [2.75, 3.05) is 5.32 Å². The lowest BCUT2D eigenvalue weighted by Crippen LogP contribution is -2.41. The molecule has 0 bridgehead atoms. The molecule has 0 atom stereocenters. The van der Waals surface area contributed by atoms with Crippen molar-refractivity contribution >= 4 is 29.4 Å². The Bertz CT molecular complexity index is 611. The van der Waals surface area contributed by atoms with Crippen molar-refractivity contribution in [3.05, 3.63) is 29.8 Å². The van der Waals surface area contributed by atoms with Crippen molar-refractivity contribution in [3.63, 3.8) is 0 Å². The fourth-order valence-electron chi connectivity index (χ4n) is 1.65. The van der Waals surface area contributed by atoms with E-state index in [1.807, 2.05) is 0 Å². The number of aliphatic carboxylic acids is 1. The van der Waals surface area contributed by atoms with E-state index in [-0.39, 0.29) is 31.1 Å². The van der Waals surface area contributed by atoms with Crippen LogP contribution in [-0.4, -0.2) is 28.8 Å². The molecule has 0 aliphatic carbocycles. The minimum absolute atomic E-state index is 0.00670. The number of hydrogen-bond donors (Lipinski definition) is 4. The second-order valence-electron chi connectivity index (χ2n) is 5.47. The van der Waals surface area contributed by atoms with Crippen LogP contribution in [0.3, 0.4) is 0 Å². The quantitative estimate of drug-likeness (QED) is 0.559. The summed E-state index contributed by atoms with van der Waals surface area (Å²) >= 11 is 0. The van der Waals surface area contributed by atoms with Gasteiger partial charge in [0.05, 0.1) is 0 Å². The number of hydrazine groups is 1. The van der Waals surface area contributed by atoms with Gasteiger partial charge in [0.2, 0.25) is 11.8 Å². The Morgan fingerprint density at radius 3 is 2.17 bits per heavy atom. The van der Waals surface area contributed by atoms with Gasteiger partial charge in [0.15, 0.2) is 0 Å². The molecule has 0 aliphatic rings. The lowest BCUT2D eigenvalue weighted by atomic mass is 10.1. The fourth-order valence-corrected chi connectivity index (χ4v) is 1.65. The molecule has 0 fully saturated rings. The van der Waals surface area contributed by atoms with E-state index in [0.717, 1.165) is 0 Å². The van der Waals surface area contributed by atoms with Crippen molar-refractivity contribution in [1.29, 1.82) is 0 Å². The SMILES string of the molecule is CC(C)C(=O)Nc1ccc(C(=O)NNC(=O)CCCC(=O)O)cc1. The van der Waals surface area contributed by atoms with Gasteiger partial charge in [0, 0.05) is 30.0 Å². The van der Waals surface area contributed by atoms with Gasteiger partial charge in [-0.3, -0.25) is 30.0 Å². The molecule has 0 radical (unpaired) electrons. The Kier molecular flexibility index (Phi) is 7.41. The third-order valence-corrected chi connectivity index (χ3v) is 3.05. The summed E-state index contributed by atoms with van der Waals surface area (Å²) in [5.41, 5.74) is 5.34. The highest BCUT2D eigenvalue weighted by Crippen LogP contribution is 2.10. The van der Waals surface area contributed by atoms with Gasteiger partial charge in [-0.15, -0.1) is 0 Å². The summed E-state index contributed by atoms with van der Waals surface area (Å²) in [5, 5.41) is 11.2. The third-order valence-electron chi connectivity index (χ3n) is 3.05. The number of carbonyl (C=O) groups excluding carboxylic acids is 3. The number of anilines is 1. The van der Waals surface area contributed by atoms with E-state index in [9.17, 15) is 19.2 Å². The second kappa shape index (κ2) is 9.29. The summed E-state index contributed by atoms with van der Waals surface area (Å²) < 4.78 is 0. The molecule has 0 aliphatic heterocycles. The van der Waals surface area contributed by atoms with Crippen LogP contribution in [0.4, 0.5) is 5.69 Å². The summed E-state index contributed by atoms with van der Waals surface area (Å²) in [4.78, 5) is 45.2. The number of carboxylic acids is 1. The Morgan fingerprint density at radius 2 is 1.62 bits per heavy atom. The Balaban J connectivity index is 2.44. The zero-order valence-corrected chi connectivity index (χ0v) is 13.6. The molecule has 4 N–H and O–H groups in total. The Morgan fingerprint density at radius 1 is 1.00 bits per heavy atom. The predicted octanol–water partition coefficient (Wildman–Crippen LogP) is 1.30. The average Bonchev–Trinajstić information content (AvgIpc) is 2.52. The number of nitrogens with one attached hydrogen (secondary N) is 3. The summed E-state index contributed by atoms with van der Waals surface area (Å²) in [6.45, 7) is 3.55. The highest BCUT2D eigenvalue weighted by molar-refractivity contribution is 5.96. The molecule has 24 heavy (non-hydrogen) atoms. The molecule has 0 saturated carbocycles. The van der Waals surface area contributed by atoms with Crippen LogP contribution in [0.5, 0.6) is 0 Å².